The van der Waals surface area contributed by atoms with Crippen molar-refractivity contribution in [3.63, 3.8) is 0 Å². The van der Waals surface area contributed by atoms with Gasteiger partial charge in [-0.1, -0.05) is 18.2 Å². The number of hydrogen-bond acceptors (Lipinski definition) is 3. The molecule has 0 radical (unpaired) electrons. The number of ether oxygens (including phenoxy) is 1. The Morgan fingerprint density at radius 2 is 1.83 bits per heavy atom. The molecule has 0 aliphatic rings. The number of hydrogen-bond donors (Lipinski definition) is 0. The molecule has 0 amide bonds. The molecule has 1 aromatic rings. The lowest BCUT2D eigenvalue weighted by molar-refractivity contribution is -0.185. The van der Waals surface area contributed by atoms with Crippen LogP contribution in [0.3, 0.4) is 0 Å². The Morgan fingerprint density at radius 3 is 2.39 bits per heavy atom. The van der Waals surface area contributed by atoms with E-state index in [9.17, 15) is 22.2 Å². The Balaban J connectivity index is 2.33. The fourth-order valence-corrected chi connectivity index (χ4v) is 2.15. The van der Waals surface area contributed by atoms with Gasteiger partial charge in [0.1, 0.15) is 0 Å². The molecule has 100 valence electrons. The highest BCUT2D eigenvalue weighted by atomic mass is 32.2. The van der Waals surface area contributed by atoms with Crippen LogP contribution in [0.5, 0.6) is 0 Å². The molecule has 0 saturated heterocycles. The quantitative estimate of drug-likeness (QED) is 0.777. The highest BCUT2D eigenvalue weighted by Gasteiger charge is 2.29. The topological polar surface area (TPSA) is 43.4 Å². The van der Waals surface area contributed by atoms with Gasteiger partial charge in [0.15, 0.2) is 6.61 Å². The fourth-order valence-electron chi connectivity index (χ4n) is 1.10. The van der Waals surface area contributed by atoms with Gasteiger partial charge in [0, 0.05) is 10.6 Å². The number of carbonyl (C=O) groups is 1. The molecule has 7 heteroatoms. The Labute approximate surface area is 104 Å². The largest absolute Gasteiger partial charge is 0.456 e. The highest BCUT2D eigenvalue weighted by molar-refractivity contribution is 7.85. The van der Waals surface area contributed by atoms with Crippen LogP contribution < -0.4 is 0 Å². The molecule has 1 rings (SSSR count). The fraction of sp³-hybridized carbons (Fsp3) is 0.364. The first kappa shape index (κ1) is 14.7. The molecule has 0 fully saturated rings. The third-order valence-corrected chi connectivity index (χ3v) is 3.27. The molecule has 0 aliphatic heterocycles. The van der Waals surface area contributed by atoms with Crippen LogP contribution in [-0.4, -0.2) is 28.7 Å². The van der Waals surface area contributed by atoms with Gasteiger partial charge in [-0.2, -0.15) is 13.2 Å². The monoisotopic (exact) mass is 280 g/mol. The number of halogens is 3. The van der Waals surface area contributed by atoms with Crippen LogP contribution in [0.2, 0.25) is 0 Å². The minimum Gasteiger partial charge on any atom is -0.456 e. The zero-order valence-corrected chi connectivity index (χ0v) is 10.1. The summed E-state index contributed by atoms with van der Waals surface area (Å²) in [6.07, 6.45) is -4.84. The summed E-state index contributed by atoms with van der Waals surface area (Å²) < 4.78 is 50.9. The van der Waals surface area contributed by atoms with E-state index in [1.54, 1.807) is 30.3 Å². The predicted octanol–water partition coefficient (Wildman–Crippen LogP) is 2.29. The summed E-state index contributed by atoms with van der Waals surface area (Å²) in [5.41, 5.74) is 0. The maximum atomic E-state index is 11.7. The Bertz CT molecular complexity index is 417. The van der Waals surface area contributed by atoms with Gasteiger partial charge in [-0.05, 0) is 12.1 Å². The van der Waals surface area contributed by atoms with Crippen molar-refractivity contribution in [1.29, 1.82) is 0 Å². The number of carbonyl (C=O) groups excluding carboxylic acids is 1. The lowest BCUT2D eigenvalue weighted by atomic mass is 10.4. The zero-order valence-electron chi connectivity index (χ0n) is 9.27. The van der Waals surface area contributed by atoms with Crippen LogP contribution in [0.25, 0.3) is 0 Å². The van der Waals surface area contributed by atoms with Crippen molar-refractivity contribution in [2.45, 2.75) is 17.5 Å². The number of benzene rings is 1. The van der Waals surface area contributed by atoms with E-state index >= 15 is 0 Å². The SMILES string of the molecule is O=C(CCS(=O)c1ccccc1)OCC(F)(F)F. The van der Waals surface area contributed by atoms with Crippen LogP contribution in [0, 0.1) is 0 Å². The van der Waals surface area contributed by atoms with Crippen LogP contribution in [0.4, 0.5) is 13.2 Å². The van der Waals surface area contributed by atoms with Gasteiger partial charge in [-0.3, -0.25) is 9.00 Å². The lowest BCUT2D eigenvalue weighted by Crippen LogP contribution is -2.21. The first-order valence-electron chi connectivity index (χ1n) is 5.04. The van der Waals surface area contributed by atoms with Gasteiger partial charge in [0.2, 0.25) is 0 Å². The highest BCUT2D eigenvalue weighted by Crippen LogP contribution is 2.15. The van der Waals surface area contributed by atoms with Crippen LogP contribution in [0.15, 0.2) is 35.2 Å². The van der Waals surface area contributed by atoms with E-state index in [0.29, 0.717) is 4.90 Å². The van der Waals surface area contributed by atoms with Gasteiger partial charge in [-0.25, -0.2) is 0 Å². The van der Waals surface area contributed by atoms with Gasteiger partial charge < -0.3 is 4.74 Å². The van der Waals surface area contributed by atoms with Crippen molar-refractivity contribution in [1.82, 2.24) is 0 Å². The lowest BCUT2D eigenvalue weighted by Gasteiger charge is -2.07. The number of alkyl halides is 3. The summed E-state index contributed by atoms with van der Waals surface area (Å²) in [5, 5.41) is 0. The minimum absolute atomic E-state index is 0.0549. The van der Waals surface area contributed by atoms with E-state index in [1.807, 2.05) is 0 Å². The zero-order chi connectivity index (χ0) is 13.6. The molecule has 0 saturated carbocycles. The standard InChI is InChI=1S/C11H11F3O3S/c12-11(13,14)8-17-10(15)6-7-18(16)9-4-2-1-3-5-9/h1-5H,6-8H2. The van der Waals surface area contributed by atoms with Crippen molar-refractivity contribution >= 4 is 16.8 Å². The summed E-state index contributed by atoms with van der Waals surface area (Å²) in [6.45, 7) is -1.61. The first-order valence-corrected chi connectivity index (χ1v) is 6.36. The second kappa shape index (κ2) is 6.53. The van der Waals surface area contributed by atoms with E-state index in [2.05, 4.69) is 4.74 Å². The van der Waals surface area contributed by atoms with E-state index in [0.717, 1.165) is 0 Å². The first-order chi connectivity index (χ1) is 8.38. The van der Waals surface area contributed by atoms with Gasteiger partial charge >= 0.3 is 12.1 Å². The van der Waals surface area contributed by atoms with E-state index < -0.39 is 29.6 Å². The minimum atomic E-state index is -4.53. The van der Waals surface area contributed by atoms with Crippen LogP contribution in [0.1, 0.15) is 6.42 Å². The Morgan fingerprint density at radius 1 is 1.22 bits per heavy atom. The van der Waals surface area contributed by atoms with E-state index in [4.69, 9.17) is 0 Å². The Hall–Kier alpha value is -1.37. The molecular weight excluding hydrogens is 269 g/mol. The summed E-state index contributed by atoms with van der Waals surface area (Å²) >= 11 is 0. The molecule has 0 heterocycles. The smallest absolute Gasteiger partial charge is 0.422 e. The van der Waals surface area contributed by atoms with E-state index in [-0.39, 0.29) is 12.2 Å². The molecule has 1 aromatic carbocycles. The summed E-state index contributed by atoms with van der Waals surface area (Å²) in [4.78, 5) is 11.5. The van der Waals surface area contributed by atoms with Crippen molar-refractivity contribution in [2.24, 2.45) is 0 Å². The van der Waals surface area contributed by atoms with Gasteiger partial charge in [-0.15, -0.1) is 0 Å². The van der Waals surface area contributed by atoms with Crippen molar-refractivity contribution in [2.75, 3.05) is 12.4 Å². The van der Waals surface area contributed by atoms with Crippen LogP contribution in [-0.2, 0) is 20.3 Å². The molecular formula is C11H11F3O3S. The molecule has 0 spiro atoms. The summed E-state index contributed by atoms with van der Waals surface area (Å²) in [5.74, 6) is -1.06. The van der Waals surface area contributed by atoms with Crippen molar-refractivity contribution in [3.8, 4) is 0 Å². The molecule has 1 unspecified atom stereocenters. The molecule has 0 aliphatic carbocycles. The molecule has 0 bridgehead atoms. The normalized spacial score (nSPS) is 13.1. The second-order valence-electron chi connectivity index (χ2n) is 3.39. The maximum Gasteiger partial charge on any atom is 0.422 e. The summed E-state index contributed by atoms with van der Waals surface area (Å²) in [7, 11) is -1.41. The van der Waals surface area contributed by atoms with E-state index in [1.165, 1.54) is 0 Å². The number of esters is 1. The third kappa shape index (κ3) is 5.81. The van der Waals surface area contributed by atoms with Crippen molar-refractivity contribution < 1.29 is 26.9 Å². The molecule has 1 atom stereocenters. The molecule has 18 heavy (non-hydrogen) atoms. The average Bonchev–Trinajstić information content (AvgIpc) is 2.33. The summed E-state index contributed by atoms with van der Waals surface area (Å²) in [6, 6.07) is 8.37. The van der Waals surface area contributed by atoms with Crippen LogP contribution >= 0.6 is 0 Å². The number of rotatable bonds is 5. The molecule has 3 nitrogen and oxygen atoms in total. The van der Waals surface area contributed by atoms with Gasteiger partial charge in [0.05, 0.1) is 17.2 Å². The maximum absolute atomic E-state index is 11.7. The molecule has 0 aromatic heterocycles. The second-order valence-corrected chi connectivity index (χ2v) is 4.96. The van der Waals surface area contributed by atoms with Gasteiger partial charge in [0.25, 0.3) is 0 Å². The third-order valence-electron chi connectivity index (χ3n) is 1.89. The van der Waals surface area contributed by atoms with Crippen molar-refractivity contribution in [3.05, 3.63) is 30.3 Å². The Kier molecular flexibility index (Phi) is 5.33. The predicted molar refractivity (Wildman–Crippen MR) is 59.3 cm³/mol. The average molecular weight is 280 g/mol. The molecule has 0 N–H and O–H groups in total.